The lowest BCUT2D eigenvalue weighted by Crippen LogP contribution is -2.03. The first-order valence-corrected chi connectivity index (χ1v) is 7.14. The minimum Gasteiger partial charge on any atom is -0.476 e. The topological polar surface area (TPSA) is 79.3 Å². The molecule has 1 heterocycles. The maximum Gasteiger partial charge on any atom is 0.356 e. The van der Waals surface area contributed by atoms with Crippen LogP contribution in [-0.2, 0) is 0 Å². The second-order valence-electron chi connectivity index (χ2n) is 3.69. The summed E-state index contributed by atoms with van der Waals surface area (Å²) in [5.74, 6) is -1.50. The lowest BCUT2D eigenvalue weighted by atomic mass is 10.3. The Kier molecular flexibility index (Phi) is 4.15. The molecule has 1 aromatic heterocycles. The second-order valence-corrected chi connectivity index (χ2v) is 5.93. The number of carbonyl (C=O) groups excluding carboxylic acids is 1. The van der Waals surface area contributed by atoms with Crippen LogP contribution >= 0.6 is 33.9 Å². The lowest BCUT2D eigenvalue weighted by molar-refractivity contribution is 0.0687. The Labute approximate surface area is 126 Å². The summed E-state index contributed by atoms with van der Waals surface area (Å²) in [6.07, 6.45) is 0. The van der Waals surface area contributed by atoms with E-state index in [0.717, 1.165) is 20.6 Å². The molecule has 0 bridgehead atoms. The number of thiazole rings is 1. The van der Waals surface area contributed by atoms with Crippen LogP contribution in [0.15, 0.2) is 24.3 Å². The van der Waals surface area contributed by atoms with E-state index in [1.54, 1.807) is 0 Å². The summed E-state index contributed by atoms with van der Waals surface area (Å²) in [5.41, 5.74) is 0.590. The number of nitrogens with one attached hydrogen (secondary N) is 1. The molecule has 0 fully saturated rings. The highest BCUT2D eigenvalue weighted by atomic mass is 127. The number of anilines is 2. The molecule has 0 aliphatic heterocycles. The van der Waals surface area contributed by atoms with E-state index < -0.39 is 5.97 Å². The molecule has 98 valence electrons. The second kappa shape index (κ2) is 5.66. The molecule has 2 aromatic rings. The van der Waals surface area contributed by atoms with Crippen LogP contribution in [0, 0.1) is 3.57 Å². The number of halogens is 1. The Morgan fingerprint density at radius 3 is 2.42 bits per heavy atom. The van der Waals surface area contributed by atoms with E-state index in [9.17, 15) is 9.59 Å². The predicted molar refractivity (Wildman–Crippen MR) is 81.5 cm³/mol. The molecule has 0 atom stereocenters. The minimum atomic E-state index is -1.20. The number of carboxylic acids is 1. The number of benzene rings is 1. The maximum absolute atomic E-state index is 11.4. The van der Waals surface area contributed by atoms with Crippen molar-refractivity contribution in [1.29, 1.82) is 0 Å². The first-order chi connectivity index (χ1) is 8.97. The Balaban J connectivity index is 2.31. The van der Waals surface area contributed by atoms with Gasteiger partial charge in [0.2, 0.25) is 0 Å². The van der Waals surface area contributed by atoms with Crippen LogP contribution < -0.4 is 5.32 Å². The van der Waals surface area contributed by atoms with Crippen molar-refractivity contribution < 1.29 is 14.7 Å². The van der Waals surface area contributed by atoms with Gasteiger partial charge in [0.15, 0.2) is 16.6 Å². The van der Waals surface area contributed by atoms with Gasteiger partial charge in [-0.1, -0.05) is 11.3 Å². The molecule has 0 aliphatic rings. The summed E-state index contributed by atoms with van der Waals surface area (Å²) in [4.78, 5) is 26.4. The fourth-order valence-corrected chi connectivity index (χ4v) is 2.65. The molecule has 7 heteroatoms. The van der Waals surface area contributed by atoms with Gasteiger partial charge in [-0.25, -0.2) is 9.78 Å². The minimum absolute atomic E-state index is 0.153. The molecule has 2 rings (SSSR count). The molecule has 1 aromatic carbocycles. The van der Waals surface area contributed by atoms with E-state index in [-0.39, 0.29) is 16.4 Å². The van der Waals surface area contributed by atoms with Gasteiger partial charge in [0.05, 0.1) is 0 Å². The van der Waals surface area contributed by atoms with Crippen LogP contribution in [-0.4, -0.2) is 21.8 Å². The molecular formula is C12H9IN2O3S. The van der Waals surface area contributed by atoms with Crippen molar-refractivity contribution in [2.45, 2.75) is 6.92 Å². The molecule has 19 heavy (non-hydrogen) atoms. The normalized spacial score (nSPS) is 10.2. The molecule has 0 radical (unpaired) electrons. The van der Waals surface area contributed by atoms with E-state index in [4.69, 9.17) is 5.11 Å². The van der Waals surface area contributed by atoms with Crippen LogP contribution in [0.1, 0.15) is 27.1 Å². The van der Waals surface area contributed by atoms with Gasteiger partial charge < -0.3 is 10.4 Å². The van der Waals surface area contributed by atoms with E-state index in [0.29, 0.717) is 5.13 Å². The quantitative estimate of drug-likeness (QED) is 0.620. The lowest BCUT2D eigenvalue weighted by Gasteiger charge is -2.01. The molecule has 0 amide bonds. The highest BCUT2D eigenvalue weighted by Gasteiger charge is 2.20. The van der Waals surface area contributed by atoms with Crippen LogP contribution in [0.4, 0.5) is 10.8 Å². The molecule has 0 saturated heterocycles. The fourth-order valence-electron chi connectivity index (χ4n) is 1.41. The van der Waals surface area contributed by atoms with E-state index in [1.807, 2.05) is 24.3 Å². The number of aromatic nitrogens is 1. The van der Waals surface area contributed by atoms with Crippen LogP contribution in [0.5, 0.6) is 0 Å². The molecule has 5 nitrogen and oxygen atoms in total. The third-order valence-corrected chi connectivity index (χ3v) is 4.04. The third-order valence-electron chi connectivity index (χ3n) is 2.24. The third kappa shape index (κ3) is 3.29. The molecule has 0 spiro atoms. The van der Waals surface area contributed by atoms with Gasteiger partial charge in [-0.05, 0) is 46.9 Å². The Morgan fingerprint density at radius 2 is 1.95 bits per heavy atom. The first kappa shape index (κ1) is 13.9. The van der Waals surface area contributed by atoms with Gasteiger partial charge in [-0.3, -0.25) is 4.79 Å². The van der Waals surface area contributed by atoms with E-state index in [2.05, 4.69) is 32.9 Å². The largest absolute Gasteiger partial charge is 0.476 e. The summed E-state index contributed by atoms with van der Waals surface area (Å²) in [5, 5.41) is 12.4. The number of hydrogen-bond donors (Lipinski definition) is 2. The van der Waals surface area contributed by atoms with E-state index in [1.165, 1.54) is 6.92 Å². The number of nitrogens with zero attached hydrogens (tertiary/aromatic N) is 1. The SMILES string of the molecule is CC(=O)c1sc(Nc2ccc(I)cc2)nc1C(=O)O. The van der Waals surface area contributed by atoms with Crippen LogP contribution in [0.3, 0.4) is 0 Å². The summed E-state index contributed by atoms with van der Waals surface area (Å²) in [6, 6.07) is 7.55. The number of aromatic carboxylic acids is 1. The fraction of sp³-hybridized carbons (Fsp3) is 0.0833. The average Bonchev–Trinajstić information content (AvgIpc) is 2.76. The average molecular weight is 388 g/mol. The zero-order valence-electron chi connectivity index (χ0n) is 9.81. The monoisotopic (exact) mass is 388 g/mol. The van der Waals surface area contributed by atoms with Crippen molar-refractivity contribution in [2.24, 2.45) is 0 Å². The van der Waals surface area contributed by atoms with Gasteiger partial charge in [0.25, 0.3) is 0 Å². The van der Waals surface area contributed by atoms with Crippen molar-refractivity contribution in [3.8, 4) is 0 Å². The van der Waals surface area contributed by atoms with Crippen molar-refractivity contribution in [3.63, 3.8) is 0 Å². The molecule has 0 saturated carbocycles. The van der Waals surface area contributed by atoms with Gasteiger partial charge in [-0.2, -0.15) is 0 Å². The van der Waals surface area contributed by atoms with Gasteiger partial charge >= 0.3 is 5.97 Å². The maximum atomic E-state index is 11.4. The van der Waals surface area contributed by atoms with Crippen molar-refractivity contribution >= 4 is 56.5 Å². The number of carbonyl (C=O) groups is 2. The van der Waals surface area contributed by atoms with Crippen LogP contribution in [0.25, 0.3) is 0 Å². The summed E-state index contributed by atoms with van der Waals surface area (Å²) >= 11 is 3.23. The van der Waals surface area contributed by atoms with E-state index >= 15 is 0 Å². The van der Waals surface area contributed by atoms with Gasteiger partial charge in [0.1, 0.15) is 4.88 Å². The molecular weight excluding hydrogens is 379 g/mol. The highest BCUT2D eigenvalue weighted by molar-refractivity contribution is 14.1. The number of carboxylic acid groups (broad SMARTS) is 1. The summed E-state index contributed by atoms with van der Waals surface area (Å²) in [7, 11) is 0. The molecule has 0 aliphatic carbocycles. The first-order valence-electron chi connectivity index (χ1n) is 5.25. The van der Waals surface area contributed by atoms with Crippen LogP contribution in [0.2, 0.25) is 0 Å². The zero-order chi connectivity index (χ0) is 14.0. The van der Waals surface area contributed by atoms with Gasteiger partial charge in [0, 0.05) is 16.2 Å². The van der Waals surface area contributed by atoms with Crippen molar-refractivity contribution in [3.05, 3.63) is 38.4 Å². The predicted octanol–water partition coefficient (Wildman–Crippen LogP) is 3.39. The number of Topliss-reactive ketones (excluding diaryl/α,β-unsaturated/α-hetero) is 1. The number of hydrogen-bond acceptors (Lipinski definition) is 5. The summed E-state index contributed by atoms with van der Waals surface area (Å²) < 4.78 is 1.10. The number of rotatable bonds is 4. The molecule has 2 N–H and O–H groups in total. The zero-order valence-corrected chi connectivity index (χ0v) is 12.8. The smallest absolute Gasteiger partial charge is 0.356 e. The standard InChI is InChI=1S/C12H9IN2O3S/c1-6(16)10-9(11(17)18)15-12(19-10)14-8-4-2-7(13)3-5-8/h2-5H,1H3,(H,14,15)(H,17,18). The Hall–Kier alpha value is -1.48. The Morgan fingerprint density at radius 1 is 1.32 bits per heavy atom. The van der Waals surface area contributed by atoms with Crippen molar-refractivity contribution in [2.75, 3.05) is 5.32 Å². The molecule has 0 unspecified atom stereocenters. The van der Waals surface area contributed by atoms with Crippen molar-refractivity contribution in [1.82, 2.24) is 4.98 Å². The Bertz CT molecular complexity index is 605. The number of ketones is 1. The highest BCUT2D eigenvalue weighted by Crippen LogP contribution is 2.26. The summed E-state index contributed by atoms with van der Waals surface area (Å²) in [6.45, 7) is 1.33. The van der Waals surface area contributed by atoms with Gasteiger partial charge in [-0.15, -0.1) is 0 Å².